The van der Waals surface area contributed by atoms with E-state index in [1.54, 1.807) is 30.3 Å². The molecule has 0 aliphatic carbocycles. The van der Waals surface area contributed by atoms with Crippen LogP contribution in [0.25, 0.3) is 11.0 Å². The van der Waals surface area contributed by atoms with Crippen LogP contribution in [0.1, 0.15) is 39.8 Å². The maximum absolute atomic E-state index is 12.7. The van der Waals surface area contributed by atoms with E-state index in [0.29, 0.717) is 0 Å². The maximum Gasteiger partial charge on any atom is 0.253 e. The lowest BCUT2D eigenvalue weighted by atomic mass is 9.93. The Morgan fingerprint density at radius 3 is 2.92 bits per heavy atom. The van der Waals surface area contributed by atoms with E-state index in [1.165, 1.54) is 5.56 Å². The van der Waals surface area contributed by atoms with Crippen molar-refractivity contribution in [1.82, 2.24) is 14.5 Å². The lowest BCUT2D eigenvalue weighted by Crippen LogP contribution is -2.25. The monoisotopic (exact) mass is 355 g/mol. The minimum Gasteiger partial charge on any atom is -0.483 e. The Kier molecular flexibility index (Phi) is 3.80. The van der Waals surface area contributed by atoms with Crippen LogP contribution in [0.4, 0.5) is 0 Å². The summed E-state index contributed by atoms with van der Waals surface area (Å²) in [5.74, 6) is 1.69. The molecular weight excluding hydrogens is 334 g/mol. The summed E-state index contributed by atoms with van der Waals surface area (Å²) < 4.78 is 8.40. The zero-order valence-electron chi connectivity index (χ0n) is 14.9. The molecule has 6 heteroatoms. The van der Waals surface area contributed by atoms with Gasteiger partial charge in [-0.1, -0.05) is 0 Å². The Hall–Kier alpha value is -2.34. The second kappa shape index (κ2) is 5.88. The van der Waals surface area contributed by atoms with Crippen LogP contribution in [0.5, 0.6) is 5.75 Å². The lowest BCUT2D eigenvalue weighted by Gasteiger charge is -2.28. The first-order valence-electron chi connectivity index (χ1n) is 8.36. The van der Waals surface area contributed by atoms with Gasteiger partial charge in [0.15, 0.2) is 5.75 Å². The number of ether oxygens (including phenoxy) is 1. The predicted molar refractivity (Wildman–Crippen MR) is 99.5 cm³/mol. The van der Waals surface area contributed by atoms with Crippen molar-refractivity contribution in [3.05, 3.63) is 45.4 Å². The van der Waals surface area contributed by atoms with E-state index in [2.05, 4.69) is 16.8 Å². The highest BCUT2D eigenvalue weighted by molar-refractivity contribution is 7.07. The quantitative estimate of drug-likeness (QED) is 0.704. The number of carbonyl (C=O) groups is 1. The molecule has 4 rings (SSSR count). The average Bonchev–Trinajstić information content (AvgIpc) is 3.23. The van der Waals surface area contributed by atoms with E-state index in [0.717, 1.165) is 46.6 Å². The second-order valence-corrected chi connectivity index (χ2v) is 7.50. The van der Waals surface area contributed by atoms with Gasteiger partial charge in [0, 0.05) is 37.8 Å². The molecule has 5 nitrogen and oxygen atoms in total. The number of hydrogen-bond acceptors (Lipinski definition) is 4. The summed E-state index contributed by atoms with van der Waals surface area (Å²) in [7, 11) is 5.54. The molecule has 0 fully saturated rings. The average molecular weight is 355 g/mol. The number of imidazole rings is 1. The van der Waals surface area contributed by atoms with E-state index in [9.17, 15) is 4.79 Å². The third-order valence-electron chi connectivity index (χ3n) is 4.93. The van der Waals surface area contributed by atoms with Crippen LogP contribution in [-0.2, 0) is 13.5 Å². The largest absolute Gasteiger partial charge is 0.483 e. The van der Waals surface area contributed by atoms with Crippen molar-refractivity contribution in [2.75, 3.05) is 14.1 Å². The van der Waals surface area contributed by atoms with Gasteiger partial charge in [-0.15, -0.1) is 0 Å². The standard InChI is InChI=1S/C19H21N3O2S/c1-11-20-17-15(22(11)4)9-14(19(23)21(2)3)13-5-6-16(24-18(13)17)12-7-8-25-10-12/h7-10,16H,5-6H2,1-4H3/t16-/m0/s1. The third kappa shape index (κ3) is 2.52. The molecule has 0 saturated carbocycles. The Labute approximate surface area is 150 Å². The molecular formula is C19H21N3O2S. The highest BCUT2D eigenvalue weighted by Crippen LogP contribution is 2.42. The molecule has 0 spiro atoms. The van der Waals surface area contributed by atoms with Crippen LogP contribution in [0.15, 0.2) is 22.9 Å². The Morgan fingerprint density at radius 1 is 1.44 bits per heavy atom. The molecule has 1 aliphatic heterocycles. The van der Waals surface area contributed by atoms with Gasteiger partial charge in [0.25, 0.3) is 5.91 Å². The Balaban J connectivity index is 1.92. The minimum atomic E-state index is 0.00888. The summed E-state index contributed by atoms with van der Waals surface area (Å²) in [4.78, 5) is 19.1. The van der Waals surface area contributed by atoms with Crippen LogP contribution >= 0.6 is 11.3 Å². The van der Waals surface area contributed by atoms with Crippen molar-refractivity contribution < 1.29 is 9.53 Å². The third-order valence-corrected chi connectivity index (χ3v) is 5.63. The second-order valence-electron chi connectivity index (χ2n) is 6.72. The molecule has 3 aromatic rings. The van der Waals surface area contributed by atoms with Crippen molar-refractivity contribution in [1.29, 1.82) is 0 Å². The number of carbonyl (C=O) groups excluding carboxylic acids is 1. The number of amides is 1. The predicted octanol–water partition coefficient (Wildman–Crippen LogP) is 3.71. The molecule has 130 valence electrons. The maximum atomic E-state index is 12.7. The van der Waals surface area contributed by atoms with E-state index >= 15 is 0 Å². The van der Waals surface area contributed by atoms with Crippen LogP contribution in [-0.4, -0.2) is 34.5 Å². The molecule has 1 aliphatic rings. The molecule has 0 bridgehead atoms. The number of thiophene rings is 1. The van der Waals surface area contributed by atoms with Gasteiger partial charge in [-0.3, -0.25) is 4.79 Å². The molecule has 0 saturated heterocycles. The summed E-state index contributed by atoms with van der Waals surface area (Å²) in [6, 6.07) is 4.07. The van der Waals surface area contributed by atoms with Gasteiger partial charge in [0.05, 0.1) is 5.52 Å². The van der Waals surface area contributed by atoms with Gasteiger partial charge in [0.1, 0.15) is 17.4 Å². The fraction of sp³-hybridized carbons (Fsp3) is 0.368. The molecule has 3 heterocycles. The number of aryl methyl sites for hydroxylation is 2. The highest BCUT2D eigenvalue weighted by atomic mass is 32.1. The summed E-state index contributed by atoms with van der Waals surface area (Å²) >= 11 is 1.68. The zero-order chi connectivity index (χ0) is 17.7. The van der Waals surface area contributed by atoms with Crippen LogP contribution in [0, 0.1) is 6.92 Å². The summed E-state index contributed by atoms with van der Waals surface area (Å²) in [6.45, 7) is 1.97. The molecule has 1 amide bonds. The highest BCUT2D eigenvalue weighted by Gasteiger charge is 2.30. The Bertz CT molecular complexity index is 957. The number of hydrogen-bond donors (Lipinski definition) is 0. The molecule has 1 aromatic carbocycles. The van der Waals surface area contributed by atoms with Gasteiger partial charge in [-0.2, -0.15) is 11.3 Å². The van der Waals surface area contributed by atoms with Crippen LogP contribution in [0.3, 0.4) is 0 Å². The fourth-order valence-electron chi connectivity index (χ4n) is 3.42. The first kappa shape index (κ1) is 16.1. The van der Waals surface area contributed by atoms with Crippen LogP contribution < -0.4 is 4.74 Å². The number of nitrogens with zero attached hydrogens (tertiary/aromatic N) is 3. The fourth-order valence-corrected chi connectivity index (χ4v) is 4.13. The van der Waals surface area contributed by atoms with E-state index in [-0.39, 0.29) is 12.0 Å². The van der Waals surface area contributed by atoms with Crippen molar-refractivity contribution >= 4 is 28.3 Å². The normalized spacial score (nSPS) is 16.6. The van der Waals surface area contributed by atoms with Gasteiger partial charge >= 0.3 is 0 Å². The van der Waals surface area contributed by atoms with Crippen molar-refractivity contribution in [3.63, 3.8) is 0 Å². The van der Waals surface area contributed by atoms with Gasteiger partial charge in [0.2, 0.25) is 0 Å². The summed E-state index contributed by atoms with van der Waals surface area (Å²) in [5, 5.41) is 4.20. The summed E-state index contributed by atoms with van der Waals surface area (Å²) in [6.07, 6.45) is 1.71. The molecule has 2 aromatic heterocycles. The topological polar surface area (TPSA) is 47.4 Å². The molecule has 0 unspecified atom stereocenters. The number of fused-ring (bicyclic) bond motifs is 3. The SMILES string of the molecule is Cc1nc2c3c(c(C(=O)N(C)C)cc2n1C)CC[C@@H](c1ccsc1)O3. The van der Waals surface area contributed by atoms with Gasteiger partial charge in [-0.25, -0.2) is 4.98 Å². The van der Waals surface area contributed by atoms with E-state index in [1.807, 2.05) is 24.6 Å². The molecule has 25 heavy (non-hydrogen) atoms. The summed E-state index contributed by atoms with van der Waals surface area (Å²) in [5.41, 5.74) is 4.69. The minimum absolute atomic E-state index is 0.00888. The Morgan fingerprint density at radius 2 is 2.24 bits per heavy atom. The zero-order valence-corrected chi connectivity index (χ0v) is 15.7. The molecule has 1 atom stereocenters. The van der Waals surface area contributed by atoms with Gasteiger partial charge in [-0.05, 0) is 42.7 Å². The molecule has 0 radical (unpaired) electrons. The van der Waals surface area contributed by atoms with Gasteiger partial charge < -0.3 is 14.2 Å². The first-order chi connectivity index (χ1) is 12.0. The smallest absolute Gasteiger partial charge is 0.253 e. The van der Waals surface area contributed by atoms with Crippen molar-refractivity contribution in [2.24, 2.45) is 7.05 Å². The molecule has 0 N–H and O–H groups in total. The van der Waals surface area contributed by atoms with Crippen molar-refractivity contribution in [3.8, 4) is 5.75 Å². The number of rotatable bonds is 2. The number of aromatic nitrogens is 2. The lowest BCUT2D eigenvalue weighted by molar-refractivity contribution is 0.0823. The first-order valence-corrected chi connectivity index (χ1v) is 9.31. The van der Waals surface area contributed by atoms with E-state index in [4.69, 9.17) is 9.72 Å². The number of benzene rings is 1. The van der Waals surface area contributed by atoms with E-state index < -0.39 is 0 Å². The van der Waals surface area contributed by atoms with Crippen molar-refractivity contribution in [2.45, 2.75) is 25.9 Å². The van der Waals surface area contributed by atoms with Crippen LogP contribution in [0.2, 0.25) is 0 Å².